The minimum atomic E-state index is -4.46. The third kappa shape index (κ3) is 46.3. The third-order valence-electron chi connectivity index (χ3n) is 11.1. The van der Waals surface area contributed by atoms with E-state index in [1.807, 2.05) is 45.4 Å². The fraction of sp³-hybridized carbons (Fsp3) is 0.714. The molecule has 3 atom stereocenters. The van der Waals surface area contributed by atoms with Crippen LogP contribution < -0.4 is 5.32 Å². The lowest BCUT2D eigenvalue weighted by atomic mass is 10.0. The molecule has 0 saturated heterocycles. The van der Waals surface area contributed by atoms with Crippen LogP contribution in [0.4, 0.5) is 0 Å². The van der Waals surface area contributed by atoms with Crippen molar-refractivity contribution < 1.29 is 37.3 Å². The summed E-state index contributed by atoms with van der Waals surface area (Å²) < 4.78 is 30.4. The Hall–Kier alpha value is -2.81. The summed E-state index contributed by atoms with van der Waals surface area (Å²) in [6, 6.07) is -0.892. The predicted molar refractivity (Wildman–Crippen MR) is 281 cm³/mol. The number of amides is 1. The molecule has 0 fully saturated rings. The van der Waals surface area contributed by atoms with Gasteiger partial charge < -0.3 is 19.4 Å². The molecule has 0 spiro atoms. The van der Waals surface area contributed by atoms with Gasteiger partial charge in [0.05, 0.1) is 33.8 Å². The molecule has 380 valence electrons. The van der Waals surface area contributed by atoms with Crippen LogP contribution in [0.2, 0.25) is 0 Å². The lowest BCUT2D eigenvalue weighted by Gasteiger charge is -2.27. The van der Waals surface area contributed by atoms with Crippen LogP contribution in [0.15, 0.2) is 85.1 Å². The highest BCUT2D eigenvalue weighted by Crippen LogP contribution is 2.43. The second-order valence-corrected chi connectivity index (χ2v) is 20.1. The van der Waals surface area contributed by atoms with Crippen LogP contribution in [-0.4, -0.2) is 74.3 Å². The first kappa shape index (κ1) is 63.2. The predicted octanol–water partition coefficient (Wildman–Crippen LogP) is 15.5. The van der Waals surface area contributed by atoms with E-state index in [-0.39, 0.29) is 37.9 Å². The molecule has 0 aliphatic rings. The normalized spacial score (nSPS) is 14.6. The first-order valence-corrected chi connectivity index (χ1v) is 27.9. The van der Waals surface area contributed by atoms with Crippen LogP contribution in [0.1, 0.15) is 207 Å². The molecule has 3 unspecified atom stereocenters. The number of likely N-dealkylation sites (N-methyl/N-ethyl adjacent to an activating group) is 1. The van der Waals surface area contributed by atoms with E-state index in [2.05, 4.69) is 86.8 Å². The van der Waals surface area contributed by atoms with E-state index in [0.717, 1.165) is 89.9 Å². The van der Waals surface area contributed by atoms with E-state index >= 15 is 0 Å². The number of allylic oxidation sites excluding steroid dienone is 13. The summed E-state index contributed by atoms with van der Waals surface area (Å²) in [6.45, 7) is 6.77. The van der Waals surface area contributed by atoms with Crippen molar-refractivity contribution >= 4 is 19.7 Å². The second kappa shape index (κ2) is 45.9. The van der Waals surface area contributed by atoms with Crippen LogP contribution in [0.3, 0.4) is 0 Å². The molecule has 0 aromatic carbocycles. The van der Waals surface area contributed by atoms with Gasteiger partial charge in [0.2, 0.25) is 5.91 Å². The fourth-order valence-electron chi connectivity index (χ4n) is 6.96. The summed E-state index contributed by atoms with van der Waals surface area (Å²) in [5, 5.41) is 2.98. The standard InChI is InChI=1S/C56H99N2O7P/c1-7-10-13-16-19-22-25-27-28-29-31-34-36-39-42-45-48-55(59)57-53(52-64-66(61,62)63-51-50-58(4,5)6)54(47-44-41-38-35-33-30-26-23-20-17-14-11-8-2)65-56(60)49-46-43-40-37-32-24-21-18-15-12-9-3/h10,13,18-19,21-22,27-28,31,34,39,42,44,47,53-54H,7-9,11-12,14-17,20,23-26,29-30,32-33,35-38,40-41,43,45-46,48-52H2,1-6H3,(H-,57,59,61,62)/p+1/b13-10+,21-18-,22-19+,28-27+,34-31+,42-39+,47-44+. The van der Waals surface area contributed by atoms with Crippen molar-refractivity contribution in [2.24, 2.45) is 0 Å². The molecule has 0 bridgehead atoms. The van der Waals surface area contributed by atoms with Crippen molar-refractivity contribution in [1.29, 1.82) is 0 Å². The number of phosphoric ester groups is 1. The molecule has 66 heavy (non-hydrogen) atoms. The molecule has 0 aromatic heterocycles. The Morgan fingerprint density at radius 2 is 1.00 bits per heavy atom. The SMILES string of the molecule is CC/C=C/C/C=C/C/C=C/C/C=C/C/C=C/CCC(=O)NC(COP(=O)(O)OCC[N+](C)(C)C)C(/C=C/CCCCCCCCCCCCC)OC(=O)CCCCCCC/C=C\CCCC. The number of quaternary nitrogens is 1. The molecule has 0 aromatic rings. The number of nitrogens with one attached hydrogen (secondary N) is 1. The fourth-order valence-corrected chi connectivity index (χ4v) is 7.70. The van der Waals surface area contributed by atoms with Gasteiger partial charge in [0, 0.05) is 12.8 Å². The highest BCUT2D eigenvalue weighted by molar-refractivity contribution is 7.47. The molecule has 0 saturated carbocycles. The quantitative estimate of drug-likeness (QED) is 0.0206. The topological polar surface area (TPSA) is 111 Å². The number of esters is 1. The summed E-state index contributed by atoms with van der Waals surface area (Å²) in [4.78, 5) is 37.4. The first-order valence-electron chi connectivity index (χ1n) is 26.4. The lowest BCUT2D eigenvalue weighted by Crippen LogP contribution is -2.47. The highest BCUT2D eigenvalue weighted by Gasteiger charge is 2.30. The maximum Gasteiger partial charge on any atom is 0.472 e. The highest BCUT2D eigenvalue weighted by atomic mass is 31.2. The summed E-state index contributed by atoms with van der Waals surface area (Å²) >= 11 is 0. The van der Waals surface area contributed by atoms with Gasteiger partial charge in [-0.1, -0.05) is 196 Å². The zero-order chi connectivity index (χ0) is 48.7. The van der Waals surface area contributed by atoms with E-state index in [1.54, 1.807) is 0 Å². The van der Waals surface area contributed by atoms with Crippen molar-refractivity contribution in [2.45, 2.75) is 219 Å². The van der Waals surface area contributed by atoms with Crippen LogP contribution >= 0.6 is 7.82 Å². The maximum atomic E-state index is 13.4. The molecule has 1 amide bonds. The molecule has 0 aliphatic carbocycles. The van der Waals surface area contributed by atoms with Crippen LogP contribution in [-0.2, 0) is 27.9 Å². The van der Waals surface area contributed by atoms with Gasteiger partial charge >= 0.3 is 13.8 Å². The summed E-state index contributed by atoms with van der Waals surface area (Å²) in [5.74, 6) is -0.620. The Morgan fingerprint density at radius 3 is 1.53 bits per heavy atom. The van der Waals surface area contributed by atoms with E-state index < -0.39 is 20.0 Å². The van der Waals surface area contributed by atoms with Gasteiger partial charge in [-0.15, -0.1) is 0 Å². The number of nitrogens with zero attached hydrogens (tertiary/aromatic N) is 1. The van der Waals surface area contributed by atoms with Crippen molar-refractivity contribution in [2.75, 3.05) is 40.9 Å². The first-order chi connectivity index (χ1) is 31.9. The molecule has 0 aliphatic heterocycles. The molecule has 0 heterocycles. The zero-order valence-electron chi connectivity index (χ0n) is 43.2. The Bertz CT molecular complexity index is 1410. The molecule has 10 heteroatoms. The van der Waals surface area contributed by atoms with Gasteiger partial charge in [-0.25, -0.2) is 4.57 Å². The van der Waals surface area contributed by atoms with E-state index in [0.29, 0.717) is 23.9 Å². The van der Waals surface area contributed by atoms with Crippen molar-refractivity contribution in [3.05, 3.63) is 85.1 Å². The number of rotatable bonds is 46. The lowest BCUT2D eigenvalue weighted by molar-refractivity contribution is -0.870. The molecule has 2 N–H and O–H groups in total. The molecule has 0 radical (unpaired) electrons. The van der Waals surface area contributed by atoms with E-state index in [4.69, 9.17) is 13.8 Å². The average Bonchev–Trinajstić information content (AvgIpc) is 3.27. The average molecular weight is 944 g/mol. The van der Waals surface area contributed by atoms with Gasteiger partial charge in [-0.2, -0.15) is 0 Å². The van der Waals surface area contributed by atoms with Crippen molar-refractivity contribution in [3.8, 4) is 0 Å². The Kier molecular flexibility index (Phi) is 44.0. The monoisotopic (exact) mass is 944 g/mol. The molecular formula is C56H100N2O7P+. The molecule has 9 nitrogen and oxygen atoms in total. The Labute approximate surface area is 406 Å². The van der Waals surface area contributed by atoms with E-state index in [9.17, 15) is 19.0 Å². The van der Waals surface area contributed by atoms with Crippen LogP contribution in [0.5, 0.6) is 0 Å². The number of carbonyl (C=O) groups is 2. The van der Waals surface area contributed by atoms with Crippen LogP contribution in [0.25, 0.3) is 0 Å². The number of phosphoric acid groups is 1. The third-order valence-corrected chi connectivity index (χ3v) is 12.1. The van der Waals surface area contributed by atoms with Crippen molar-refractivity contribution in [3.63, 3.8) is 0 Å². The summed E-state index contributed by atoms with van der Waals surface area (Å²) in [6.07, 6.45) is 58.8. The molecular weight excluding hydrogens is 844 g/mol. The van der Waals surface area contributed by atoms with Crippen molar-refractivity contribution in [1.82, 2.24) is 5.32 Å². The maximum absolute atomic E-state index is 13.4. The zero-order valence-corrected chi connectivity index (χ0v) is 44.1. The van der Waals surface area contributed by atoms with Gasteiger partial charge in [0.1, 0.15) is 19.3 Å². The Balaban J connectivity index is 5.56. The van der Waals surface area contributed by atoms with Gasteiger partial charge in [-0.05, 0) is 83.1 Å². The van der Waals surface area contributed by atoms with Crippen LogP contribution in [0, 0.1) is 0 Å². The number of unbranched alkanes of at least 4 members (excludes halogenated alkanes) is 18. The minimum absolute atomic E-state index is 0.0223. The number of hydrogen-bond acceptors (Lipinski definition) is 6. The minimum Gasteiger partial charge on any atom is -0.456 e. The van der Waals surface area contributed by atoms with Gasteiger partial charge in [0.25, 0.3) is 0 Å². The number of ether oxygens (including phenoxy) is 1. The summed E-state index contributed by atoms with van der Waals surface area (Å²) in [7, 11) is 1.43. The number of carbonyl (C=O) groups excluding carboxylic acids is 2. The number of hydrogen-bond donors (Lipinski definition) is 2. The Morgan fingerprint density at radius 1 is 0.545 bits per heavy atom. The van der Waals surface area contributed by atoms with Gasteiger partial charge in [-0.3, -0.25) is 18.6 Å². The summed E-state index contributed by atoms with van der Waals surface area (Å²) in [5.41, 5.74) is 0. The van der Waals surface area contributed by atoms with Gasteiger partial charge in [0.15, 0.2) is 0 Å². The second-order valence-electron chi connectivity index (χ2n) is 18.7. The van der Waals surface area contributed by atoms with E-state index in [1.165, 1.54) is 70.6 Å². The largest absolute Gasteiger partial charge is 0.472 e. The molecule has 0 rings (SSSR count). The smallest absolute Gasteiger partial charge is 0.456 e.